The highest BCUT2D eigenvalue weighted by atomic mass is 19.1. The minimum atomic E-state index is -0.481. The Kier molecular flexibility index (Phi) is 4.35. The third kappa shape index (κ3) is 2.81. The van der Waals surface area contributed by atoms with Crippen LogP contribution in [0.2, 0.25) is 0 Å². The highest BCUT2D eigenvalue weighted by molar-refractivity contribution is 5.96. The standard InChI is InChI=1S/C15H18FN3O/c1-2-5-15(6-7-18-10-15)14(20)19-13-4-3-12(16)8-11(13)9-17/h3-4,8,18H,2,5-7,10H2,1H3,(H,19,20). The van der Waals surface area contributed by atoms with Gasteiger partial charge in [-0.1, -0.05) is 13.3 Å². The summed E-state index contributed by atoms with van der Waals surface area (Å²) in [5, 5.41) is 15.0. The number of nitriles is 1. The molecule has 1 aliphatic rings. The fourth-order valence-electron chi connectivity index (χ4n) is 2.72. The van der Waals surface area contributed by atoms with Crippen molar-refractivity contribution in [1.29, 1.82) is 5.26 Å². The zero-order valence-electron chi connectivity index (χ0n) is 11.5. The Morgan fingerprint density at radius 1 is 1.60 bits per heavy atom. The number of nitrogens with zero attached hydrogens (tertiary/aromatic N) is 1. The van der Waals surface area contributed by atoms with Crippen molar-refractivity contribution < 1.29 is 9.18 Å². The van der Waals surface area contributed by atoms with E-state index in [0.717, 1.165) is 31.9 Å². The highest BCUT2D eigenvalue weighted by Crippen LogP contribution is 2.33. The molecule has 1 amide bonds. The van der Waals surface area contributed by atoms with Crippen LogP contribution in [-0.4, -0.2) is 19.0 Å². The van der Waals surface area contributed by atoms with Gasteiger partial charge >= 0.3 is 0 Å². The van der Waals surface area contributed by atoms with E-state index in [4.69, 9.17) is 5.26 Å². The van der Waals surface area contributed by atoms with Gasteiger partial charge in [0.2, 0.25) is 5.91 Å². The second-order valence-corrected chi connectivity index (χ2v) is 5.21. The Labute approximate surface area is 118 Å². The Morgan fingerprint density at radius 2 is 2.40 bits per heavy atom. The first kappa shape index (κ1) is 14.5. The maximum Gasteiger partial charge on any atom is 0.231 e. The predicted molar refractivity (Wildman–Crippen MR) is 74.6 cm³/mol. The van der Waals surface area contributed by atoms with Crippen molar-refractivity contribution in [3.63, 3.8) is 0 Å². The number of carbonyl (C=O) groups excluding carboxylic acids is 1. The fourth-order valence-corrected chi connectivity index (χ4v) is 2.72. The van der Waals surface area contributed by atoms with Gasteiger partial charge in [0, 0.05) is 6.54 Å². The third-order valence-electron chi connectivity index (χ3n) is 3.80. The monoisotopic (exact) mass is 275 g/mol. The van der Waals surface area contributed by atoms with Crippen LogP contribution in [-0.2, 0) is 4.79 Å². The summed E-state index contributed by atoms with van der Waals surface area (Å²) in [5.74, 6) is -0.571. The van der Waals surface area contributed by atoms with Crippen LogP contribution < -0.4 is 10.6 Å². The van der Waals surface area contributed by atoms with E-state index < -0.39 is 11.2 Å². The Balaban J connectivity index is 2.21. The molecule has 1 heterocycles. The summed E-state index contributed by atoms with van der Waals surface area (Å²) in [4.78, 5) is 12.5. The molecule has 20 heavy (non-hydrogen) atoms. The van der Waals surface area contributed by atoms with Crippen LogP contribution in [0.1, 0.15) is 31.7 Å². The van der Waals surface area contributed by atoms with E-state index in [1.807, 2.05) is 13.0 Å². The summed E-state index contributed by atoms with van der Waals surface area (Å²) in [5.41, 5.74) is 0.104. The number of carbonyl (C=O) groups is 1. The SMILES string of the molecule is CCCC1(C(=O)Nc2ccc(F)cc2C#N)CCNC1. The zero-order chi connectivity index (χ0) is 14.6. The number of rotatable bonds is 4. The van der Waals surface area contributed by atoms with E-state index in [0.29, 0.717) is 12.2 Å². The van der Waals surface area contributed by atoms with Crippen LogP contribution in [0.5, 0.6) is 0 Å². The summed E-state index contributed by atoms with van der Waals surface area (Å²) >= 11 is 0. The summed E-state index contributed by atoms with van der Waals surface area (Å²) in [6.45, 7) is 3.52. The number of halogens is 1. The topological polar surface area (TPSA) is 64.9 Å². The highest BCUT2D eigenvalue weighted by Gasteiger charge is 2.40. The summed E-state index contributed by atoms with van der Waals surface area (Å²) < 4.78 is 13.1. The molecule has 2 N–H and O–H groups in total. The average Bonchev–Trinajstić information content (AvgIpc) is 2.91. The number of amides is 1. The van der Waals surface area contributed by atoms with Gasteiger partial charge in [-0.3, -0.25) is 4.79 Å². The van der Waals surface area contributed by atoms with E-state index in [-0.39, 0.29) is 11.5 Å². The van der Waals surface area contributed by atoms with Gasteiger partial charge in [0.05, 0.1) is 16.7 Å². The molecule has 0 saturated carbocycles. The van der Waals surface area contributed by atoms with Crippen LogP contribution in [0.3, 0.4) is 0 Å². The molecule has 106 valence electrons. The quantitative estimate of drug-likeness (QED) is 0.887. The summed E-state index contributed by atoms with van der Waals surface area (Å²) in [6, 6.07) is 5.72. The Morgan fingerprint density at radius 3 is 3.00 bits per heavy atom. The molecule has 2 rings (SSSR count). The van der Waals surface area contributed by atoms with E-state index in [2.05, 4.69) is 10.6 Å². The minimum absolute atomic E-state index is 0.0903. The first-order valence-corrected chi connectivity index (χ1v) is 6.83. The molecule has 1 saturated heterocycles. The zero-order valence-corrected chi connectivity index (χ0v) is 11.5. The van der Waals surface area contributed by atoms with Gasteiger partial charge in [-0.15, -0.1) is 0 Å². The van der Waals surface area contributed by atoms with Crippen molar-refractivity contribution in [3.8, 4) is 6.07 Å². The van der Waals surface area contributed by atoms with Gasteiger partial charge in [-0.05, 0) is 37.6 Å². The van der Waals surface area contributed by atoms with Gasteiger partial charge in [0.25, 0.3) is 0 Å². The van der Waals surface area contributed by atoms with E-state index in [9.17, 15) is 9.18 Å². The minimum Gasteiger partial charge on any atom is -0.324 e. The molecule has 1 aromatic rings. The molecule has 5 heteroatoms. The van der Waals surface area contributed by atoms with Gasteiger partial charge in [0.15, 0.2) is 0 Å². The Bertz CT molecular complexity index is 545. The van der Waals surface area contributed by atoms with Crippen molar-refractivity contribution >= 4 is 11.6 Å². The molecular formula is C15H18FN3O. The molecular weight excluding hydrogens is 257 g/mol. The van der Waals surface area contributed by atoms with Crippen LogP contribution in [0.4, 0.5) is 10.1 Å². The molecule has 1 fully saturated rings. The molecule has 1 unspecified atom stereocenters. The Hall–Kier alpha value is -1.93. The molecule has 0 bridgehead atoms. The lowest BCUT2D eigenvalue weighted by molar-refractivity contribution is -0.125. The molecule has 1 aliphatic heterocycles. The molecule has 1 aromatic carbocycles. The van der Waals surface area contributed by atoms with Gasteiger partial charge in [-0.25, -0.2) is 4.39 Å². The second kappa shape index (κ2) is 6.02. The largest absolute Gasteiger partial charge is 0.324 e. The summed E-state index contributed by atoms with van der Waals surface area (Å²) in [6.07, 6.45) is 2.51. The number of hydrogen-bond donors (Lipinski definition) is 2. The number of hydrogen-bond acceptors (Lipinski definition) is 3. The van der Waals surface area contributed by atoms with Gasteiger partial charge < -0.3 is 10.6 Å². The normalized spacial score (nSPS) is 21.4. The second-order valence-electron chi connectivity index (χ2n) is 5.21. The molecule has 0 aliphatic carbocycles. The van der Waals surface area contributed by atoms with Crippen molar-refractivity contribution in [1.82, 2.24) is 5.32 Å². The lowest BCUT2D eigenvalue weighted by Crippen LogP contribution is -2.38. The molecule has 1 atom stereocenters. The third-order valence-corrected chi connectivity index (χ3v) is 3.80. The molecule has 0 spiro atoms. The van der Waals surface area contributed by atoms with Crippen LogP contribution in [0, 0.1) is 22.6 Å². The van der Waals surface area contributed by atoms with E-state index in [1.54, 1.807) is 0 Å². The van der Waals surface area contributed by atoms with Gasteiger partial charge in [0.1, 0.15) is 11.9 Å². The van der Waals surface area contributed by atoms with Crippen molar-refractivity contribution in [2.45, 2.75) is 26.2 Å². The molecule has 4 nitrogen and oxygen atoms in total. The fraction of sp³-hybridized carbons (Fsp3) is 0.467. The van der Waals surface area contributed by atoms with Crippen molar-refractivity contribution in [2.75, 3.05) is 18.4 Å². The number of nitrogens with one attached hydrogen (secondary N) is 2. The van der Waals surface area contributed by atoms with E-state index in [1.165, 1.54) is 12.1 Å². The summed E-state index contributed by atoms with van der Waals surface area (Å²) in [7, 11) is 0. The van der Waals surface area contributed by atoms with Crippen LogP contribution in [0.25, 0.3) is 0 Å². The number of benzene rings is 1. The van der Waals surface area contributed by atoms with Gasteiger partial charge in [-0.2, -0.15) is 5.26 Å². The predicted octanol–water partition coefficient (Wildman–Crippen LogP) is 2.42. The van der Waals surface area contributed by atoms with Crippen molar-refractivity contribution in [3.05, 3.63) is 29.6 Å². The maximum atomic E-state index is 13.1. The van der Waals surface area contributed by atoms with Crippen LogP contribution >= 0.6 is 0 Å². The molecule has 0 aromatic heterocycles. The maximum absolute atomic E-state index is 13.1. The van der Waals surface area contributed by atoms with Crippen LogP contribution in [0.15, 0.2) is 18.2 Å². The lowest BCUT2D eigenvalue weighted by atomic mass is 9.81. The first-order chi connectivity index (χ1) is 9.61. The number of anilines is 1. The lowest BCUT2D eigenvalue weighted by Gasteiger charge is -2.26. The smallest absolute Gasteiger partial charge is 0.231 e. The van der Waals surface area contributed by atoms with E-state index >= 15 is 0 Å². The first-order valence-electron chi connectivity index (χ1n) is 6.83. The molecule has 0 radical (unpaired) electrons. The van der Waals surface area contributed by atoms with Crippen molar-refractivity contribution in [2.24, 2.45) is 5.41 Å². The average molecular weight is 275 g/mol.